The molecule has 46 heavy (non-hydrogen) atoms. The van der Waals surface area contributed by atoms with E-state index in [1.54, 1.807) is 55.0 Å². The Morgan fingerprint density at radius 1 is 0.457 bits per heavy atom. The summed E-state index contributed by atoms with van der Waals surface area (Å²) in [4.78, 5) is 12.2. The molecule has 0 atom stereocenters. The zero-order valence-corrected chi connectivity index (χ0v) is 27.4. The maximum Gasteiger partial charge on any atom is 3.00 e. The predicted molar refractivity (Wildman–Crippen MR) is 177 cm³/mol. The van der Waals surface area contributed by atoms with Gasteiger partial charge in [0.2, 0.25) is 0 Å². The fraction of sp³-hybridized carbons (Fsp3) is 0.250. The summed E-state index contributed by atoms with van der Waals surface area (Å²) in [6.07, 6.45) is 7.69. The van der Waals surface area contributed by atoms with Crippen LogP contribution in [0.15, 0.2) is 91.4 Å². The molecular weight excluding hydrogens is 597 g/mol. The molecule has 0 saturated carbocycles. The van der Waals surface area contributed by atoms with Gasteiger partial charge in [0, 0.05) is 34.7 Å². The summed E-state index contributed by atoms with van der Waals surface area (Å²) in [6.45, 7) is 8.10. The summed E-state index contributed by atoms with van der Waals surface area (Å²) in [6, 6.07) is 20.6. The molecule has 0 saturated heterocycles. The first-order chi connectivity index (χ1) is 22.0. The van der Waals surface area contributed by atoms with Crippen LogP contribution >= 0.6 is 0 Å². The van der Waals surface area contributed by atoms with Crippen LogP contribution in [0.5, 0.6) is 34.5 Å². The largest absolute Gasteiger partial charge is 3.00 e. The van der Waals surface area contributed by atoms with Crippen LogP contribution in [0.2, 0.25) is 0 Å². The molecule has 3 aromatic carbocycles. The van der Waals surface area contributed by atoms with Crippen molar-refractivity contribution in [1.82, 2.24) is 15.0 Å². The van der Waals surface area contributed by atoms with E-state index in [2.05, 4.69) is 15.0 Å². The van der Waals surface area contributed by atoms with Gasteiger partial charge in [-0.05, 0) is 73.9 Å². The monoisotopic (exact) mass is 633 g/mol. The minimum absolute atomic E-state index is 0. The van der Waals surface area contributed by atoms with E-state index >= 15 is 0 Å². The summed E-state index contributed by atoms with van der Waals surface area (Å²) >= 11 is 0. The van der Waals surface area contributed by atoms with Gasteiger partial charge in [-0.15, -0.1) is 0 Å². The Kier molecular flexibility index (Phi) is 14.2. The Labute approximate surface area is 279 Å². The Morgan fingerprint density at radius 3 is 1.00 bits per heavy atom. The van der Waals surface area contributed by atoms with Gasteiger partial charge in [0.15, 0.2) is 0 Å². The van der Waals surface area contributed by atoms with Crippen molar-refractivity contribution in [3.63, 3.8) is 0 Å². The molecule has 3 aromatic heterocycles. The third kappa shape index (κ3) is 9.13. The maximum atomic E-state index is 11.5. The number of pyridine rings is 3. The summed E-state index contributed by atoms with van der Waals surface area (Å²) in [5.74, 6) is 2.02. The third-order valence-corrected chi connectivity index (χ3v) is 6.46. The fourth-order valence-electron chi connectivity index (χ4n) is 4.38. The number of benzene rings is 3. The zero-order chi connectivity index (χ0) is 32.0. The minimum Gasteiger partial charge on any atom is -0.871 e. The maximum absolute atomic E-state index is 11.5. The molecule has 0 aliphatic rings. The summed E-state index contributed by atoms with van der Waals surface area (Å²) in [5.41, 5.74) is 1.43. The van der Waals surface area contributed by atoms with Gasteiger partial charge in [-0.2, -0.15) is 0 Å². The molecule has 0 amide bonds. The molecule has 0 N–H and O–H groups in total. The van der Waals surface area contributed by atoms with Crippen molar-refractivity contribution in [2.24, 2.45) is 0 Å². The van der Waals surface area contributed by atoms with E-state index < -0.39 is 0 Å². The average Bonchev–Trinajstić information content (AvgIpc) is 3.08. The van der Waals surface area contributed by atoms with Crippen LogP contribution in [-0.2, 0) is 0 Å². The number of fused-ring (bicyclic) bond motifs is 3. The van der Waals surface area contributed by atoms with Crippen LogP contribution in [0.25, 0.3) is 32.7 Å². The zero-order valence-electron chi connectivity index (χ0n) is 26.3. The van der Waals surface area contributed by atoms with E-state index in [0.29, 0.717) is 36.4 Å². The van der Waals surface area contributed by atoms with Gasteiger partial charge in [-0.3, -0.25) is 15.0 Å². The summed E-state index contributed by atoms with van der Waals surface area (Å²) in [7, 11) is 0. The van der Waals surface area contributed by atoms with Gasteiger partial charge in [-0.1, -0.05) is 56.2 Å². The molecular formula is C36H36AlN3O6. The molecule has 10 heteroatoms. The Bertz CT molecular complexity index is 1620. The van der Waals surface area contributed by atoms with Crippen molar-refractivity contribution < 1.29 is 29.5 Å². The van der Waals surface area contributed by atoms with Crippen LogP contribution in [-0.4, -0.2) is 52.1 Å². The Balaban J connectivity index is 0.000000186. The van der Waals surface area contributed by atoms with Crippen molar-refractivity contribution >= 4 is 50.1 Å². The molecule has 0 bridgehead atoms. The van der Waals surface area contributed by atoms with Gasteiger partial charge in [0.25, 0.3) is 0 Å². The number of hydrogen-bond acceptors (Lipinski definition) is 9. The van der Waals surface area contributed by atoms with Crippen LogP contribution < -0.4 is 29.5 Å². The van der Waals surface area contributed by atoms with E-state index in [1.807, 2.05) is 39.0 Å². The molecule has 0 unspecified atom stereocenters. The minimum atomic E-state index is -0.0607. The molecule has 0 spiro atoms. The molecule has 6 rings (SSSR count). The molecule has 234 valence electrons. The van der Waals surface area contributed by atoms with Crippen molar-refractivity contribution in [3.8, 4) is 34.5 Å². The quantitative estimate of drug-likeness (QED) is 0.178. The summed E-state index contributed by atoms with van der Waals surface area (Å²) < 4.78 is 16.6. The first-order valence-electron chi connectivity index (χ1n) is 15.0. The van der Waals surface area contributed by atoms with E-state index in [1.165, 1.54) is 18.2 Å². The summed E-state index contributed by atoms with van der Waals surface area (Å²) in [5, 5.41) is 36.8. The van der Waals surface area contributed by atoms with E-state index in [-0.39, 0.29) is 34.6 Å². The molecule has 6 aromatic rings. The first-order valence-corrected chi connectivity index (χ1v) is 15.0. The second-order valence-electron chi connectivity index (χ2n) is 9.93. The topological polar surface area (TPSA) is 136 Å². The van der Waals surface area contributed by atoms with Crippen molar-refractivity contribution in [2.75, 3.05) is 19.8 Å². The molecule has 0 fully saturated rings. The van der Waals surface area contributed by atoms with Crippen LogP contribution in [0, 0.1) is 0 Å². The van der Waals surface area contributed by atoms with Gasteiger partial charge in [0.1, 0.15) is 17.2 Å². The second kappa shape index (κ2) is 18.3. The Hall–Kier alpha value is -4.78. The third-order valence-electron chi connectivity index (χ3n) is 6.46. The number of ether oxygens (including phenoxy) is 3. The second-order valence-corrected chi connectivity index (χ2v) is 9.93. The Morgan fingerprint density at radius 2 is 0.739 bits per heavy atom. The molecule has 9 nitrogen and oxygen atoms in total. The molecule has 0 aliphatic heterocycles. The van der Waals surface area contributed by atoms with Crippen molar-refractivity contribution in [3.05, 3.63) is 91.4 Å². The van der Waals surface area contributed by atoms with E-state index in [0.717, 1.165) is 52.7 Å². The van der Waals surface area contributed by atoms with Gasteiger partial charge < -0.3 is 29.5 Å². The standard InChI is InChI=1S/3C12H13NO2.Al/c3*1-2-8-15-11-6-5-10(14)12-9(11)4-3-7-13-12;/h3*3-7,14H,2,8H2,1H3;/q;;;+3/p-3. The van der Waals surface area contributed by atoms with Crippen molar-refractivity contribution in [1.29, 1.82) is 0 Å². The van der Waals surface area contributed by atoms with Gasteiger partial charge >= 0.3 is 17.4 Å². The number of rotatable bonds is 9. The molecule has 0 aliphatic carbocycles. The van der Waals surface area contributed by atoms with Gasteiger partial charge in [-0.25, -0.2) is 0 Å². The van der Waals surface area contributed by atoms with Crippen LogP contribution in [0.3, 0.4) is 0 Å². The molecule has 0 radical (unpaired) electrons. The van der Waals surface area contributed by atoms with E-state index in [9.17, 15) is 15.3 Å². The SMILES string of the molecule is CCCOc1ccc([O-])c2ncccc12.CCCOc1ccc([O-])c2ncccc12.CCCOc1ccc([O-])c2ncccc12.[Al+3]. The smallest absolute Gasteiger partial charge is 0.871 e. The van der Waals surface area contributed by atoms with Gasteiger partial charge in [0.05, 0.1) is 36.4 Å². The van der Waals surface area contributed by atoms with Crippen LogP contribution in [0.1, 0.15) is 40.0 Å². The number of nitrogens with zero attached hydrogens (tertiary/aromatic N) is 3. The van der Waals surface area contributed by atoms with Crippen molar-refractivity contribution in [2.45, 2.75) is 40.0 Å². The van der Waals surface area contributed by atoms with Crippen LogP contribution in [0.4, 0.5) is 0 Å². The number of hydrogen-bond donors (Lipinski definition) is 0. The fourth-order valence-corrected chi connectivity index (χ4v) is 4.38. The molecule has 3 heterocycles. The number of aromatic nitrogens is 3. The first kappa shape index (κ1) is 35.7. The van der Waals surface area contributed by atoms with E-state index in [4.69, 9.17) is 14.2 Å². The normalized spacial score (nSPS) is 10.2. The predicted octanol–water partition coefficient (Wildman–Crippen LogP) is 5.91. The average molecular weight is 634 g/mol.